The fraction of sp³-hybridized carbons (Fsp3) is 0.312. The smallest absolute Gasteiger partial charge is 0.289 e. The number of nitrogens with two attached hydrogens (primary N) is 1. The van der Waals surface area contributed by atoms with E-state index in [1.807, 2.05) is 19.1 Å². The van der Waals surface area contributed by atoms with Crippen LogP contribution in [0.25, 0.3) is 0 Å². The minimum absolute atomic E-state index is 0.0111. The highest BCUT2D eigenvalue weighted by molar-refractivity contribution is 7.89. The largest absolute Gasteiger partial charge is 0.438 e. The molecule has 128 valence electrons. The predicted octanol–water partition coefficient (Wildman–Crippen LogP) is 1.20. The van der Waals surface area contributed by atoms with E-state index in [-0.39, 0.29) is 11.7 Å². The molecule has 0 aliphatic carbocycles. The summed E-state index contributed by atoms with van der Waals surface area (Å²) in [4.78, 5) is 16.3. The van der Waals surface area contributed by atoms with E-state index in [4.69, 9.17) is 9.56 Å². The van der Waals surface area contributed by atoms with Crippen molar-refractivity contribution in [2.75, 3.05) is 31.1 Å². The third-order valence-corrected chi connectivity index (χ3v) is 4.79. The summed E-state index contributed by atoms with van der Waals surface area (Å²) in [6.07, 6.45) is 0. The van der Waals surface area contributed by atoms with Gasteiger partial charge in [-0.1, -0.05) is 12.1 Å². The predicted molar refractivity (Wildman–Crippen MR) is 89.4 cm³/mol. The zero-order chi connectivity index (χ0) is 17.3. The molecule has 2 aromatic rings. The SMILES string of the molecule is Cc1cccc(N2CCN(C(=O)c3ccc(S(N)(=O)=O)o3)CC2)c1. The molecule has 24 heavy (non-hydrogen) atoms. The molecule has 1 aromatic heterocycles. The van der Waals surface area contributed by atoms with Crippen LogP contribution in [-0.2, 0) is 10.0 Å². The van der Waals surface area contributed by atoms with Gasteiger partial charge in [0, 0.05) is 31.9 Å². The number of sulfonamides is 1. The van der Waals surface area contributed by atoms with Gasteiger partial charge in [0.1, 0.15) is 0 Å². The molecule has 2 N–H and O–H groups in total. The van der Waals surface area contributed by atoms with Crippen LogP contribution in [0.15, 0.2) is 45.9 Å². The Balaban J connectivity index is 1.66. The normalized spacial score (nSPS) is 15.6. The Labute approximate surface area is 140 Å². The van der Waals surface area contributed by atoms with Gasteiger partial charge in [-0.3, -0.25) is 4.79 Å². The average molecular weight is 349 g/mol. The van der Waals surface area contributed by atoms with Gasteiger partial charge < -0.3 is 14.2 Å². The van der Waals surface area contributed by atoms with E-state index in [2.05, 4.69) is 17.0 Å². The minimum Gasteiger partial charge on any atom is -0.438 e. The van der Waals surface area contributed by atoms with E-state index in [0.717, 1.165) is 5.69 Å². The molecular weight excluding hydrogens is 330 g/mol. The van der Waals surface area contributed by atoms with Crippen LogP contribution in [0.5, 0.6) is 0 Å². The molecule has 3 rings (SSSR count). The second-order valence-corrected chi connectivity index (χ2v) is 7.27. The van der Waals surface area contributed by atoms with E-state index in [1.165, 1.54) is 17.7 Å². The highest BCUT2D eigenvalue weighted by Gasteiger charge is 2.25. The zero-order valence-corrected chi connectivity index (χ0v) is 14.1. The Bertz CT molecular complexity index is 852. The third-order valence-electron chi connectivity index (χ3n) is 4.01. The summed E-state index contributed by atoms with van der Waals surface area (Å²) >= 11 is 0. The summed E-state index contributed by atoms with van der Waals surface area (Å²) in [6, 6.07) is 10.8. The van der Waals surface area contributed by atoms with Crippen molar-refractivity contribution < 1.29 is 17.6 Å². The van der Waals surface area contributed by atoms with Gasteiger partial charge in [0.05, 0.1) is 0 Å². The third kappa shape index (κ3) is 3.44. The summed E-state index contributed by atoms with van der Waals surface area (Å²) in [7, 11) is -3.94. The molecule has 1 fully saturated rings. The number of rotatable bonds is 3. The van der Waals surface area contributed by atoms with E-state index < -0.39 is 15.1 Å². The number of carbonyl (C=O) groups is 1. The quantitative estimate of drug-likeness (QED) is 0.898. The summed E-state index contributed by atoms with van der Waals surface area (Å²) in [5.41, 5.74) is 2.33. The van der Waals surface area contributed by atoms with E-state index in [9.17, 15) is 13.2 Å². The molecule has 1 amide bonds. The molecule has 0 unspecified atom stereocenters. The zero-order valence-electron chi connectivity index (χ0n) is 13.3. The molecule has 1 saturated heterocycles. The number of benzene rings is 1. The Kier molecular flexibility index (Phi) is 4.33. The molecule has 0 bridgehead atoms. The van der Waals surface area contributed by atoms with Gasteiger partial charge in [0.15, 0.2) is 5.76 Å². The number of furan rings is 1. The molecule has 1 aliphatic rings. The Morgan fingerprint density at radius 3 is 2.42 bits per heavy atom. The molecule has 0 atom stereocenters. The highest BCUT2D eigenvalue weighted by Crippen LogP contribution is 2.20. The number of anilines is 1. The number of hydrogen-bond acceptors (Lipinski definition) is 5. The van der Waals surface area contributed by atoms with Crippen molar-refractivity contribution in [2.45, 2.75) is 12.0 Å². The average Bonchev–Trinajstić information content (AvgIpc) is 3.04. The van der Waals surface area contributed by atoms with Crippen LogP contribution in [0.2, 0.25) is 0 Å². The Morgan fingerprint density at radius 1 is 1.12 bits per heavy atom. The van der Waals surface area contributed by atoms with Gasteiger partial charge in [0.25, 0.3) is 15.9 Å². The summed E-state index contributed by atoms with van der Waals surface area (Å²) in [5, 5.41) is 4.59. The maximum absolute atomic E-state index is 12.4. The van der Waals surface area contributed by atoms with Crippen LogP contribution in [0.1, 0.15) is 16.1 Å². The maximum atomic E-state index is 12.4. The first-order chi connectivity index (χ1) is 11.3. The van der Waals surface area contributed by atoms with E-state index >= 15 is 0 Å². The van der Waals surface area contributed by atoms with Crippen LogP contribution in [0, 0.1) is 6.92 Å². The lowest BCUT2D eigenvalue weighted by atomic mass is 10.2. The molecule has 0 saturated carbocycles. The van der Waals surface area contributed by atoms with Crippen LogP contribution in [0.4, 0.5) is 5.69 Å². The lowest BCUT2D eigenvalue weighted by Gasteiger charge is -2.35. The monoisotopic (exact) mass is 349 g/mol. The van der Waals surface area contributed by atoms with Gasteiger partial charge in [0.2, 0.25) is 5.09 Å². The van der Waals surface area contributed by atoms with Crippen LogP contribution >= 0.6 is 0 Å². The first kappa shape index (κ1) is 16.5. The van der Waals surface area contributed by atoms with Gasteiger partial charge in [-0.15, -0.1) is 0 Å². The Morgan fingerprint density at radius 2 is 1.83 bits per heavy atom. The number of primary sulfonamides is 1. The van der Waals surface area contributed by atoms with Gasteiger partial charge in [-0.05, 0) is 36.8 Å². The summed E-state index contributed by atoms with van der Waals surface area (Å²) in [5.74, 6) is -0.336. The molecule has 8 heteroatoms. The van der Waals surface area contributed by atoms with Gasteiger partial charge in [-0.2, -0.15) is 0 Å². The fourth-order valence-electron chi connectivity index (χ4n) is 2.74. The number of aryl methyl sites for hydroxylation is 1. The summed E-state index contributed by atoms with van der Waals surface area (Å²) in [6.45, 7) is 4.54. The van der Waals surface area contributed by atoms with Crippen molar-refractivity contribution in [3.63, 3.8) is 0 Å². The highest BCUT2D eigenvalue weighted by atomic mass is 32.2. The van der Waals surface area contributed by atoms with Gasteiger partial charge >= 0.3 is 0 Å². The Hall–Kier alpha value is -2.32. The topological polar surface area (TPSA) is 96.9 Å². The van der Waals surface area contributed by atoms with Crippen molar-refractivity contribution in [3.05, 3.63) is 47.7 Å². The standard InChI is InChI=1S/C16H19N3O4S/c1-12-3-2-4-13(11-12)18-7-9-19(10-8-18)16(20)14-5-6-15(23-14)24(17,21)22/h2-6,11H,7-10H2,1H3,(H2,17,21,22). The first-order valence-electron chi connectivity index (χ1n) is 7.58. The van der Waals surface area contributed by atoms with E-state index in [0.29, 0.717) is 26.2 Å². The first-order valence-corrected chi connectivity index (χ1v) is 9.13. The lowest BCUT2D eigenvalue weighted by molar-refractivity contribution is 0.0709. The molecule has 2 heterocycles. The van der Waals surface area contributed by atoms with Crippen LogP contribution in [0.3, 0.4) is 0 Å². The van der Waals surface area contributed by atoms with Gasteiger partial charge in [-0.25, -0.2) is 13.6 Å². The molecule has 7 nitrogen and oxygen atoms in total. The molecular formula is C16H19N3O4S. The van der Waals surface area contributed by atoms with Crippen molar-refractivity contribution in [1.29, 1.82) is 0 Å². The maximum Gasteiger partial charge on any atom is 0.289 e. The van der Waals surface area contributed by atoms with Crippen molar-refractivity contribution in [1.82, 2.24) is 4.90 Å². The second kappa shape index (κ2) is 6.29. The minimum atomic E-state index is -3.94. The summed E-state index contributed by atoms with van der Waals surface area (Å²) < 4.78 is 27.5. The van der Waals surface area contributed by atoms with Crippen molar-refractivity contribution >= 4 is 21.6 Å². The van der Waals surface area contributed by atoms with Crippen LogP contribution in [-0.4, -0.2) is 45.4 Å². The number of carbonyl (C=O) groups excluding carboxylic acids is 1. The van der Waals surface area contributed by atoms with E-state index in [1.54, 1.807) is 4.90 Å². The number of piperazine rings is 1. The molecule has 1 aromatic carbocycles. The van der Waals surface area contributed by atoms with Crippen LogP contribution < -0.4 is 10.0 Å². The van der Waals surface area contributed by atoms with Crippen molar-refractivity contribution in [2.24, 2.45) is 5.14 Å². The van der Waals surface area contributed by atoms with Crippen molar-refractivity contribution in [3.8, 4) is 0 Å². The lowest BCUT2D eigenvalue weighted by Crippen LogP contribution is -2.48. The molecule has 0 spiro atoms. The number of hydrogen-bond donors (Lipinski definition) is 1. The fourth-order valence-corrected chi connectivity index (χ4v) is 3.20. The second-order valence-electron chi connectivity index (χ2n) is 5.78. The number of nitrogens with zero attached hydrogens (tertiary/aromatic N) is 2. The molecule has 1 aliphatic heterocycles. The number of amides is 1. The molecule has 0 radical (unpaired) electrons.